The van der Waals surface area contributed by atoms with Gasteiger partial charge in [0.1, 0.15) is 0 Å². The molecule has 5 heteroatoms. The van der Waals surface area contributed by atoms with Crippen molar-refractivity contribution in [3.8, 4) is 11.5 Å². The summed E-state index contributed by atoms with van der Waals surface area (Å²) in [6.45, 7) is 6.23. The van der Waals surface area contributed by atoms with Gasteiger partial charge in [-0.1, -0.05) is 18.5 Å². The maximum Gasteiger partial charge on any atom is 0.261 e. The van der Waals surface area contributed by atoms with Gasteiger partial charge >= 0.3 is 0 Å². The summed E-state index contributed by atoms with van der Waals surface area (Å²) in [5, 5.41) is 4.74. The van der Waals surface area contributed by atoms with Crippen molar-refractivity contribution in [3.05, 3.63) is 16.3 Å². The number of nitrogens with two attached hydrogens (primary N) is 1. The fraction of sp³-hybridized carbons (Fsp3) is 0.500. The molecular weight excluding hydrogens is 234 g/mol. The summed E-state index contributed by atoms with van der Waals surface area (Å²) < 4.78 is 5.29. The van der Waals surface area contributed by atoms with Crippen LogP contribution in [0.15, 0.2) is 4.52 Å². The molecule has 17 heavy (non-hydrogen) atoms. The van der Waals surface area contributed by atoms with E-state index in [1.807, 2.05) is 13.8 Å². The van der Waals surface area contributed by atoms with Gasteiger partial charge < -0.3 is 10.3 Å². The molecule has 0 atom stereocenters. The van der Waals surface area contributed by atoms with Crippen molar-refractivity contribution in [2.45, 2.75) is 40.0 Å². The highest BCUT2D eigenvalue weighted by atomic mass is 32.1. The van der Waals surface area contributed by atoms with Gasteiger partial charge in [-0.3, -0.25) is 0 Å². The Bertz CT molecular complexity index is 516. The van der Waals surface area contributed by atoms with E-state index in [9.17, 15) is 0 Å². The zero-order chi connectivity index (χ0) is 12.4. The molecule has 2 aromatic rings. The molecule has 0 fully saturated rings. The molecule has 0 amide bonds. The second-order valence-corrected chi connectivity index (χ2v) is 5.40. The van der Waals surface area contributed by atoms with E-state index < -0.39 is 0 Å². The summed E-state index contributed by atoms with van der Waals surface area (Å²) in [5.41, 5.74) is 8.02. The van der Waals surface area contributed by atoms with E-state index in [0.717, 1.165) is 41.2 Å². The predicted octanol–water partition coefficient (Wildman–Crippen LogP) is 3.34. The van der Waals surface area contributed by atoms with Gasteiger partial charge in [0.15, 0.2) is 5.82 Å². The summed E-state index contributed by atoms with van der Waals surface area (Å²) in [6, 6.07) is 0. The highest BCUT2D eigenvalue weighted by Crippen LogP contribution is 2.37. The number of anilines is 1. The molecule has 0 aliphatic heterocycles. The van der Waals surface area contributed by atoms with E-state index in [1.165, 1.54) is 4.88 Å². The predicted molar refractivity (Wildman–Crippen MR) is 70.1 cm³/mol. The summed E-state index contributed by atoms with van der Waals surface area (Å²) in [7, 11) is 0. The quantitative estimate of drug-likeness (QED) is 0.905. The monoisotopic (exact) mass is 251 g/mol. The van der Waals surface area contributed by atoms with Gasteiger partial charge in [-0.05, 0) is 25.8 Å². The first-order chi connectivity index (χ1) is 8.13. The van der Waals surface area contributed by atoms with Crippen LogP contribution in [-0.2, 0) is 6.42 Å². The van der Waals surface area contributed by atoms with Gasteiger partial charge in [0, 0.05) is 11.3 Å². The minimum atomic E-state index is 0.551. The Hall–Kier alpha value is -1.36. The highest BCUT2D eigenvalue weighted by molar-refractivity contribution is 7.16. The zero-order valence-electron chi connectivity index (χ0n) is 10.4. The molecule has 2 aromatic heterocycles. The first kappa shape index (κ1) is 12.1. The van der Waals surface area contributed by atoms with Crippen molar-refractivity contribution in [2.24, 2.45) is 0 Å². The molecule has 2 N–H and O–H groups in total. The Balaban J connectivity index is 2.30. The molecular formula is C12H17N3OS. The van der Waals surface area contributed by atoms with Gasteiger partial charge in [0.2, 0.25) is 0 Å². The number of rotatable bonds is 4. The molecule has 0 saturated carbocycles. The summed E-state index contributed by atoms with van der Waals surface area (Å²) in [5.74, 6) is 1.32. The van der Waals surface area contributed by atoms with Crippen LogP contribution in [0.3, 0.4) is 0 Å². The maximum absolute atomic E-state index is 5.97. The topological polar surface area (TPSA) is 64.9 Å². The van der Waals surface area contributed by atoms with Crippen molar-refractivity contribution < 1.29 is 4.52 Å². The number of aromatic nitrogens is 2. The number of unbranched alkanes of at least 4 members (excludes halogenated alkanes) is 1. The minimum absolute atomic E-state index is 0.551. The average Bonchev–Trinajstić information content (AvgIpc) is 2.83. The molecule has 0 aliphatic carbocycles. The van der Waals surface area contributed by atoms with E-state index >= 15 is 0 Å². The van der Waals surface area contributed by atoms with Crippen molar-refractivity contribution >= 4 is 16.3 Å². The summed E-state index contributed by atoms with van der Waals surface area (Å²) >= 11 is 1.57. The number of thiophene rings is 1. The molecule has 0 unspecified atom stereocenters. The van der Waals surface area contributed by atoms with Crippen molar-refractivity contribution in [3.63, 3.8) is 0 Å². The third kappa shape index (κ3) is 2.34. The number of aryl methyl sites for hydroxylation is 2. The van der Waals surface area contributed by atoms with Crippen LogP contribution < -0.4 is 5.73 Å². The fourth-order valence-corrected chi connectivity index (χ4v) is 2.64. The number of hydrogen-bond donors (Lipinski definition) is 1. The average molecular weight is 251 g/mol. The molecule has 0 radical (unpaired) electrons. The summed E-state index contributed by atoms with van der Waals surface area (Å²) in [4.78, 5) is 5.60. The lowest BCUT2D eigenvalue weighted by atomic mass is 10.1. The molecule has 0 bridgehead atoms. The Kier molecular flexibility index (Phi) is 3.47. The van der Waals surface area contributed by atoms with Crippen LogP contribution in [0.5, 0.6) is 0 Å². The molecule has 4 nitrogen and oxygen atoms in total. The Morgan fingerprint density at radius 3 is 2.71 bits per heavy atom. The van der Waals surface area contributed by atoms with Gasteiger partial charge in [-0.2, -0.15) is 4.98 Å². The molecule has 2 rings (SSSR count). The third-order valence-electron chi connectivity index (χ3n) is 2.85. The van der Waals surface area contributed by atoms with Gasteiger partial charge in [-0.25, -0.2) is 0 Å². The second kappa shape index (κ2) is 4.87. The van der Waals surface area contributed by atoms with Crippen LogP contribution in [0, 0.1) is 13.8 Å². The Morgan fingerprint density at radius 2 is 2.12 bits per heavy atom. The smallest absolute Gasteiger partial charge is 0.261 e. The lowest BCUT2D eigenvalue weighted by Crippen LogP contribution is -1.89. The molecule has 0 aromatic carbocycles. The lowest BCUT2D eigenvalue weighted by molar-refractivity contribution is 0.421. The standard InChI is InChI=1S/C12H17N3OS/c1-4-5-6-9-14-12(16-15-9)10-7(2)8(3)17-11(10)13/h4-6,13H2,1-3H3. The summed E-state index contributed by atoms with van der Waals surface area (Å²) in [6.07, 6.45) is 3.07. The normalized spacial score (nSPS) is 11.0. The fourth-order valence-electron chi connectivity index (χ4n) is 1.71. The van der Waals surface area contributed by atoms with E-state index in [4.69, 9.17) is 10.3 Å². The van der Waals surface area contributed by atoms with Crippen LogP contribution >= 0.6 is 11.3 Å². The molecule has 2 heterocycles. The largest absolute Gasteiger partial charge is 0.390 e. The van der Waals surface area contributed by atoms with Crippen molar-refractivity contribution in [1.82, 2.24) is 10.1 Å². The first-order valence-corrected chi connectivity index (χ1v) is 6.63. The van der Waals surface area contributed by atoms with E-state index in [2.05, 4.69) is 17.1 Å². The first-order valence-electron chi connectivity index (χ1n) is 5.82. The Labute approximate surface area is 105 Å². The zero-order valence-corrected chi connectivity index (χ0v) is 11.2. The maximum atomic E-state index is 5.97. The van der Waals surface area contributed by atoms with Gasteiger partial charge in [0.25, 0.3) is 5.89 Å². The SMILES string of the molecule is CCCCc1noc(-c2c(N)sc(C)c2C)n1. The van der Waals surface area contributed by atoms with Crippen LogP contribution in [0.1, 0.15) is 36.0 Å². The minimum Gasteiger partial charge on any atom is -0.390 e. The third-order valence-corrected chi connectivity index (χ3v) is 3.88. The van der Waals surface area contributed by atoms with Crippen molar-refractivity contribution in [2.75, 3.05) is 5.73 Å². The highest BCUT2D eigenvalue weighted by Gasteiger charge is 2.18. The van der Waals surface area contributed by atoms with Gasteiger partial charge in [-0.15, -0.1) is 11.3 Å². The number of hydrogen-bond acceptors (Lipinski definition) is 5. The molecule has 92 valence electrons. The van der Waals surface area contributed by atoms with Crippen LogP contribution in [-0.4, -0.2) is 10.1 Å². The van der Waals surface area contributed by atoms with Crippen LogP contribution in [0.4, 0.5) is 5.00 Å². The second-order valence-electron chi connectivity index (χ2n) is 4.14. The number of nitrogens with zero attached hydrogens (tertiary/aromatic N) is 2. The van der Waals surface area contributed by atoms with Crippen molar-refractivity contribution in [1.29, 1.82) is 0 Å². The van der Waals surface area contributed by atoms with E-state index in [1.54, 1.807) is 11.3 Å². The van der Waals surface area contributed by atoms with Gasteiger partial charge in [0.05, 0.1) is 10.6 Å². The number of nitrogen functional groups attached to an aromatic ring is 1. The molecule has 0 saturated heterocycles. The Morgan fingerprint density at radius 1 is 1.35 bits per heavy atom. The van der Waals surface area contributed by atoms with Crippen LogP contribution in [0.2, 0.25) is 0 Å². The van der Waals surface area contributed by atoms with E-state index in [0.29, 0.717) is 5.89 Å². The lowest BCUT2D eigenvalue weighted by Gasteiger charge is -1.94. The molecule has 0 aliphatic rings. The van der Waals surface area contributed by atoms with E-state index in [-0.39, 0.29) is 0 Å². The van der Waals surface area contributed by atoms with Crippen LogP contribution in [0.25, 0.3) is 11.5 Å². The molecule has 0 spiro atoms.